The van der Waals surface area contributed by atoms with Crippen LogP contribution in [0.4, 0.5) is 0 Å². The van der Waals surface area contributed by atoms with Crippen LogP contribution in [0.3, 0.4) is 0 Å². The van der Waals surface area contributed by atoms with Gasteiger partial charge in [-0.05, 0) is 17.7 Å². The quantitative estimate of drug-likeness (QED) is 0.295. The number of halogens is 3. The zero-order chi connectivity index (χ0) is 20.5. The van der Waals surface area contributed by atoms with E-state index in [9.17, 15) is 9.59 Å². The van der Waals surface area contributed by atoms with Crippen LogP contribution in [0.1, 0.15) is 5.56 Å². The molecule has 3 rings (SSSR count). The number of hydrogen-bond acceptors (Lipinski definition) is 3. The van der Waals surface area contributed by atoms with Crippen molar-refractivity contribution in [3.63, 3.8) is 0 Å². The Hall–Kier alpha value is -0.0417. The Bertz CT molecular complexity index is 1150. The van der Waals surface area contributed by atoms with E-state index in [2.05, 4.69) is 107 Å². The second kappa shape index (κ2) is 9.64. The Morgan fingerprint density at radius 3 is 2.04 bits per heavy atom. The predicted octanol–water partition coefficient (Wildman–Crippen LogP) is 2.94. The van der Waals surface area contributed by atoms with Crippen LogP contribution in [0.2, 0.25) is 0 Å². The summed E-state index contributed by atoms with van der Waals surface area (Å²) in [4.78, 5) is 23.8. The first-order valence-corrected chi connectivity index (χ1v) is 11.5. The molecule has 150 valence electrons. The van der Waals surface area contributed by atoms with Crippen molar-refractivity contribution in [3.05, 3.63) is 58.9 Å². The van der Waals surface area contributed by atoms with E-state index < -0.39 is 0 Å². The Balaban J connectivity index is 0.000000208. The monoisotopic (exact) mass is 840 g/mol. The first-order valence-electron chi connectivity index (χ1n) is 7.66. The number of benzene rings is 1. The van der Waals surface area contributed by atoms with Crippen LogP contribution in [0.15, 0.2) is 38.3 Å². The third-order valence-corrected chi connectivity index (χ3v) is 6.73. The van der Waals surface area contributed by atoms with Crippen molar-refractivity contribution in [2.75, 3.05) is 0 Å². The van der Waals surface area contributed by atoms with Gasteiger partial charge >= 0.3 is 102 Å². The number of rotatable bonds is 2. The summed E-state index contributed by atoms with van der Waals surface area (Å²) in [6, 6.07) is 8.36. The molecule has 3 aromatic rings. The van der Waals surface area contributed by atoms with Gasteiger partial charge in [0.15, 0.2) is 0 Å². The van der Waals surface area contributed by atoms with E-state index in [1.165, 1.54) is 17.2 Å². The van der Waals surface area contributed by atoms with Crippen LogP contribution in [0.5, 0.6) is 0 Å². The number of aromatic nitrogens is 4. The van der Waals surface area contributed by atoms with Crippen molar-refractivity contribution in [3.8, 4) is 0 Å². The van der Waals surface area contributed by atoms with Gasteiger partial charge in [-0.2, -0.15) is 1.33 Å². The van der Waals surface area contributed by atoms with E-state index in [0.29, 0.717) is 11.2 Å². The molecule has 0 fully saturated rings. The van der Waals surface area contributed by atoms with Gasteiger partial charge in [0.05, 0.1) is 0 Å². The van der Waals surface area contributed by atoms with Gasteiger partial charge in [0.1, 0.15) is 0 Å². The topological polar surface area (TPSA) is 57.1 Å². The van der Waals surface area contributed by atoms with E-state index in [4.69, 9.17) is 0 Å². The second-order valence-corrected chi connectivity index (χ2v) is 11.9. The molecule has 0 aliphatic heterocycles. The van der Waals surface area contributed by atoms with Crippen molar-refractivity contribution < 1.29 is 19.4 Å². The summed E-state index contributed by atoms with van der Waals surface area (Å²) in [5, 5.41) is 0. The molecule has 0 radical (unpaired) electrons. The summed E-state index contributed by atoms with van der Waals surface area (Å²) in [5.74, 6) is 0. The average Bonchev–Trinajstić information content (AvgIpc) is 2.84. The molecule has 2 heterocycles. The fourth-order valence-electron chi connectivity index (χ4n) is 2.61. The minimum absolute atomic E-state index is 0.264. The summed E-state index contributed by atoms with van der Waals surface area (Å²) in [6.45, 7) is 0.981. The van der Waals surface area contributed by atoms with E-state index in [-0.39, 0.29) is 11.2 Å². The normalized spacial score (nSPS) is 11.0. The molecule has 11 heteroatoms. The molecular weight excluding hydrogens is 823 g/mol. The Morgan fingerprint density at radius 2 is 1.52 bits per heavy atom. The maximum absolute atomic E-state index is 12.0. The Labute approximate surface area is 203 Å². The summed E-state index contributed by atoms with van der Waals surface area (Å²) < 4.78 is 10.4. The number of aryl methyl sites for hydroxylation is 3. The van der Waals surface area contributed by atoms with Gasteiger partial charge in [0, 0.05) is 56.7 Å². The van der Waals surface area contributed by atoms with Crippen molar-refractivity contribution >= 4 is 72.8 Å². The molecule has 27 heavy (non-hydrogen) atoms. The third-order valence-electron chi connectivity index (χ3n) is 3.99. The van der Waals surface area contributed by atoms with Crippen LogP contribution >= 0.6 is 61.7 Å². The fourth-order valence-corrected chi connectivity index (χ4v) is 4.16. The molecule has 0 aliphatic rings. The maximum atomic E-state index is 12.0. The van der Waals surface area contributed by atoms with E-state index in [1.54, 1.807) is 11.6 Å². The molecule has 0 atom stereocenters. The molecule has 0 bridgehead atoms. The van der Waals surface area contributed by atoms with Crippen molar-refractivity contribution in [2.45, 2.75) is 6.54 Å². The minimum atomic E-state index is -0.310. The zero-order valence-corrected chi connectivity index (χ0v) is 23.2. The molecule has 0 aliphatic carbocycles. The SMILES string of the molecule is Brc1ccc(CN(I)I)cc1.Cn1c(=O)c2c(n(C)c1=O)n(C)[c](=[Pt])n2C. The van der Waals surface area contributed by atoms with Crippen molar-refractivity contribution in [1.29, 1.82) is 0 Å². The van der Waals surface area contributed by atoms with Crippen molar-refractivity contribution in [1.82, 2.24) is 19.6 Å². The van der Waals surface area contributed by atoms with Crippen LogP contribution in [0.25, 0.3) is 11.2 Å². The molecule has 0 amide bonds. The summed E-state index contributed by atoms with van der Waals surface area (Å²) in [5.41, 5.74) is 1.93. The molecular formula is C16H18BrI2N5O2Pt. The molecule has 7 nitrogen and oxygen atoms in total. The number of nitrogens with zero attached hydrogens (tertiary/aromatic N) is 5. The average molecular weight is 841 g/mol. The molecule has 0 saturated carbocycles. The van der Waals surface area contributed by atoms with Crippen LogP contribution in [0, 0.1) is 3.80 Å². The fraction of sp³-hybridized carbons (Fsp3) is 0.312. The third kappa shape index (κ3) is 5.12. The Kier molecular flexibility index (Phi) is 8.30. The molecule has 2 aromatic heterocycles. The first kappa shape index (κ1) is 23.2. The second-order valence-electron chi connectivity index (χ2n) is 5.82. The molecule has 1 aromatic carbocycles. The van der Waals surface area contributed by atoms with Crippen LogP contribution in [-0.2, 0) is 54.1 Å². The zero-order valence-electron chi connectivity index (χ0n) is 15.0. The van der Waals surface area contributed by atoms with E-state index in [1.807, 2.05) is 18.7 Å². The Morgan fingerprint density at radius 1 is 0.963 bits per heavy atom. The number of hydrogen-bond donors (Lipinski definition) is 0. The van der Waals surface area contributed by atoms with Crippen LogP contribution < -0.4 is 11.2 Å². The van der Waals surface area contributed by atoms with Crippen molar-refractivity contribution in [2.24, 2.45) is 28.2 Å². The molecule has 0 spiro atoms. The molecule has 0 saturated heterocycles. The number of fused-ring (bicyclic) bond motifs is 1. The standard InChI is InChI=1S/C9H12N4O2.C7H6BrI2N.Pt/c1-10-5-11(2)7-6(10)8(14)13(4)9(15)12(7)3;8-7-3-1-6(2-4-7)5-11(9)10;/h1-4H3;1-4H,5H2;. The number of imidazole rings is 1. The summed E-state index contributed by atoms with van der Waals surface area (Å²) in [7, 11) is 6.81. The van der Waals surface area contributed by atoms with E-state index >= 15 is 0 Å². The summed E-state index contributed by atoms with van der Waals surface area (Å²) in [6.07, 6.45) is 0. The first-order chi connectivity index (χ1) is 12.6. The molecule has 0 N–H and O–H groups in total. The van der Waals surface area contributed by atoms with Gasteiger partial charge in [0.25, 0.3) is 0 Å². The summed E-state index contributed by atoms with van der Waals surface area (Å²) >= 11 is 10.0. The van der Waals surface area contributed by atoms with Gasteiger partial charge in [-0.25, -0.2) is 0 Å². The van der Waals surface area contributed by atoms with E-state index in [0.717, 1.165) is 19.4 Å². The van der Waals surface area contributed by atoms with Gasteiger partial charge in [-0.1, -0.05) is 28.1 Å². The van der Waals surface area contributed by atoms with Gasteiger partial charge < -0.3 is 0 Å². The molecule has 0 unspecified atom stereocenters. The van der Waals surface area contributed by atoms with Crippen LogP contribution in [-0.4, -0.2) is 19.6 Å². The van der Waals surface area contributed by atoms with Gasteiger partial charge in [0.2, 0.25) is 0 Å². The van der Waals surface area contributed by atoms with Gasteiger partial charge in [-0.15, -0.1) is 0 Å². The van der Waals surface area contributed by atoms with Gasteiger partial charge in [-0.3, -0.25) is 0 Å². The predicted molar refractivity (Wildman–Crippen MR) is 123 cm³/mol.